The van der Waals surface area contributed by atoms with Crippen molar-refractivity contribution in [2.24, 2.45) is 5.73 Å². The standard InChI is InChI=1S/C18H19NO2/c1-20-12-16-15-10-14(9-13-5-3-2-4-6-13)7-8-17(15)21-18(16)11-19/h2-8,10H,9,11-12,19H2,1H3. The second-order valence-corrected chi connectivity index (χ2v) is 5.13. The number of fused-ring (bicyclic) bond motifs is 1. The Bertz CT molecular complexity index is 732. The summed E-state index contributed by atoms with van der Waals surface area (Å²) in [6.45, 7) is 0.912. The number of furan rings is 1. The molecule has 0 spiro atoms. The summed E-state index contributed by atoms with van der Waals surface area (Å²) in [4.78, 5) is 0. The molecule has 0 saturated heterocycles. The Labute approximate surface area is 124 Å². The Morgan fingerprint density at radius 1 is 1.05 bits per heavy atom. The van der Waals surface area contributed by atoms with Gasteiger partial charge in [0.1, 0.15) is 11.3 Å². The van der Waals surface area contributed by atoms with Gasteiger partial charge in [0.05, 0.1) is 13.2 Å². The van der Waals surface area contributed by atoms with Crippen LogP contribution in [0.4, 0.5) is 0 Å². The average Bonchev–Trinajstić information content (AvgIpc) is 2.86. The topological polar surface area (TPSA) is 48.4 Å². The molecule has 3 aromatic rings. The third-order valence-corrected chi connectivity index (χ3v) is 3.66. The molecule has 1 heterocycles. The molecule has 0 aliphatic carbocycles. The molecule has 3 rings (SSSR count). The first-order valence-electron chi connectivity index (χ1n) is 7.08. The number of ether oxygens (including phenoxy) is 1. The van der Waals surface area contributed by atoms with E-state index in [-0.39, 0.29) is 0 Å². The summed E-state index contributed by atoms with van der Waals surface area (Å²) in [6, 6.07) is 16.7. The van der Waals surface area contributed by atoms with Crippen molar-refractivity contribution < 1.29 is 9.15 Å². The highest BCUT2D eigenvalue weighted by Crippen LogP contribution is 2.28. The van der Waals surface area contributed by atoms with E-state index in [0.717, 1.165) is 28.7 Å². The summed E-state index contributed by atoms with van der Waals surface area (Å²) in [5, 5.41) is 1.10. The lowest BCUT2D eigenvalue weighted by atomic mass is 10.0. The summed E-state index contributed by atoms with van der Waals surface area (Å²) in [6.07, 6.45) is 0.909. The van der Waals surface area contributed by atoms with Crippen LogP contribution in [0.5, 0.6) is 0 Å². The summed E-state index contributed by atoms with van der Waals surface area (Å²) in [5.41, 5.74) is 10.2. The van der Waals surface area contributed by atoms with Gasteiger partial charge in [0.15, 0.2) is 0 Å². The quantitative estimate of drug-likeness (QED) is 0.777. The second-order valence-electron chi connectivity index (χ2n) is 5.13. The lowest BCUT2D eigenvalue weighted by Gasteiger charge is -2.03. The van der Waals surface area contributed by atoms with Crippen molar-refractivity contribution in [1.29, 1.82) is 0 Å². The predicted molar refractivity (Wildman–Crippen MR) is 84.1 cm³/mol. The van der Waals surface area contributed by atoms with Gasteiger partial charge in [0.25, 0.3) is 0 Å². The Kier molecular flexibility index (Phi) is 4.04. The van der Waals surface area contributed by atoms with Gasteiger partial charge >= 0.3 is 0 Å². The monoisotopic (exact) mass is 281 g/mol. The van der Waals surface area contributed by atoms with E-state index in [1.54, 1.807) is 7.11 Å². The molecule has 0 amide bonds. The van der Waals surface area contributed by atoms with Crippen molar-refractivity contribution in [1.82, 2.24) is 0 Å². The molecule has 0 aliphatic rings. The minimum Gasteiger partial charge on any atom is -0.459 e. The van der Waals surface area contributed by atoms with E-state index in [9.17, 15) is 0 Å². The number of nitrogens with two attached hydrogens (primary N) is 1. The van der Waals surface area contributed by atoms with Gasteiger partial charge in [-0.05, 0) is 29.7 Å². The van der Waals surface area contributed by atoms with Crippen LogP contribution < -0.4 is 5.73 Å². The molecule has 0 saturated carbocycles. The number of methoxy groups -OCH3 is 1. The highest BCUT2D eigenvalue weighted by atomic mass is 16.5. The van der Waals surface area contributed by atoms with Crippen LogP contribution in [0.2, 0.25) is 0 Å². The van der Waals surface area contributed by atoms with Gasteiger partial charge in [-0.1, -0.05) is 36.4 Å². The molecule has 21 heavy (non-hydrogen) atoms. The lowest BCUT2D eigenvalue weighted by Crippen LogP contribution is -1.99. The zero-order valence-electron chi connectivity index (χ0n) is 12.1. The molecular formula is C18H19NO2. The molecule has 0 atom stereocenters. The van der Waals surface area contributed by atoms with Crippen molar-refractivity contribution in [3.63, 3.8) is 0 Å². The molecule has 1 aromatic heterocycles. The minimum atomic E-state index is 0.390. The van der Waals surface area contributed by atoms with E-state index in [2.05, 4.69) is 36.4 Å². The van der Waals surface area contributed by atoms with Crippen LogP contribution in [0.1, 0.15) is 22.5 Å². The van der Waals surface area contributed by atoms with Gasteiger partial charge in [-0.2, -0.15) is 0 Å². The predicted octanol–water partition coefficient (Wildman–Crippen LogP) is 3.63. The molecule has 2 aromatic carbocycles. The molecule has 0 bridgehead atoms. The zero-order chi connectivity index (χ0) is 14.7. The van der Waals surface area contributed by atoms with E-state index in [0.29, 0.717) is 13.2 Å². The van der Waals surface area contributed by atoms with E-state index >= 15 is 0 Å². The van der Waals surface area contributed by atoms with Crippen molar-refractivity contribution in [3.8, 4) is 0 Å². The average molecular weight is 281 g/mol. The van der Waals surface area contributed by atoms with Crippen LogP contribution in [0.3, 0.4) is 0 Å². The molecule has 3 heteroatoms. The van der Waals surface area contributed by atoms with Gasteiger partial charge < -0.3 is 14.9 Å². The summed E-state index contributed by atoms with van der Waals surface area (Å²) in [5.74, 6) is 0.809. The Balaban J connectivity index is 2.00. The van der Waals surface area contributed by atoms with E-state index in [1.165, 1.54) is 11.1 Å². The fourth-order valence-electron chi connectivity index (χ4n) is 2.66. The van der Waals surface area contributed by atoms with Crippen molar-refractivity contribution in [2.45, 2.75) is 19.6 Å². The van der Waals surface area contributed by atoms with E-state index in [4.69, 9.17) is 14.9 Å². The maximum atomic E-state index is 5.80. The molecule has 0 fully saturated rings. The summed E-state index contributed by atoms with van der Waals surface area (Å²) < 4.78 is 11.1. The molecule has 2 N–H and O–H groups in total. The van der Waals surface area contributed by atoms with Crippen molar-refractivity contribution >= 4 is 11.0 Å². The van der Waals surface area contributed by atoms with E-state index in [1.807, 2.05) is 12.1 Å². The highest BCUT2D eigenvalue weighted by Gasteiger charge is 2.13. The van der Waals surface area contributed by atoms with E-state index < -0.39 is 0 Å². The molecule has 0 aliphatic heterocycles. The fourth-order valence-corrected chi connectivity index (χ4v) is 2.66. The molecule has 3 nitrogen and oxygen atoms in total. The third kappa shape index (κ3) is 2.84. The van der Waals surface area contributed by atoms with Crippen LogP contribution in [0.15, 0.2) is 52.9 Å². The largest absolute Gasteiger partial charge is 0.459 e. The van der Waals surface area contributed by atoms with Crippen molar-refractivity contribution in [2.75, 3.05) is 7.11 Å². The number of rotatable bonds is 5. The Hall–Kier alpha value is -2.10. The highest BCUT2D eigenvalue weighted by molar-refractivity contribution is 5.83. The molecule has 0 radical (unpaired) electrons. The Morgan fingerprint density at radius 2 is 1.86 bits per heavy atom. The number of hydrogen-bond donors (Lipinski definition) is 1. The molecular weight excluding hydrogens is 262 g/mol. The van der Waals surface area contributed by atoms with Gasteiger partial charge in [-0.3, -0.25) is 0 Å². The number of hydrogen-bond acceptors (Lipinski definition) is 3. The van der Waals surface area contributed by atoms with Crippen LogP contribution in [0.25, 0.3) is 11.0 Å². The maximum Gasteiger partial charge on any atom is 0.134 e. The summed E-state index contributed by atoms with van der Waals surface area (Å²) >= 11 is 0. The van der Waals surface area contributed by atoms with Crippen LogP contribution in [0, 0.1) is 0 Å². The lowest BCUT2D eigenvalue weighted by molar-refractivity contribution is 0.184. The van der Waals surface area contributed by atoms with Crippen LogP contribution in [-0.4, -0.2) is 7.11 Å². The van der Waals surface area contributed by atoms with Gasteiger partial charge in [-0.25, -0.2) is 0 Å². The second kappa shape index (κ2) is 6.12. The van der Waals surface area contributed by atoms with Crippen LogP contribution >= 0.6 is 0 Å². The normalized spacial score (nSPS) is 11.1. The van der Waals surface area contributed by atoms with Crippen LogP contribution in [-0.2, 0) is 24.3 Å². The third-order valence-electron chi connectivity index (χ3n) is 3.66. The summed E-state index contributed by atoms with van der Waals surface area (Å²) in [7, 11) is 1.69. The first kappa shape index (κ1) is 13.9. The Morgan fingerprint density at radius 3 is 2.57 bits per heavy atom. The van der Waals surface area contributed by atoms with Gasteiger partial charge in [-0.15, -0.1) is 0 Å². The SMILES string of the molecule is COCc1c(CN)oc2ccc(Cc3ccccc3)cc12. The minimum absolute atomic E-state index is 0.390. The number of benzene rings is 2. The zero-order valence-corrected chi connectivity index (χ0v) is 12.1. The molecule has 0 unspecified atom stereocenters. The van der Waals surface area contributed by atoms with Gasteiger partial charge in [0, 0.05) is 18.1 Å². The van der Waals surface area contributed by atoms with Gasteiger partial charge in [0.2, 0.25) is 0 Å². The maximum absolute atomic E-state index is 5.80. The molecule has 108 valence electrons. The first-order chi connectivity index (χ1) is 10.3. The fraction of sp³-hybridized carbons (Fsp3) is 0.222. The van der Waals surface area contributed by atoms with Crippen molar-refractivity contribution in [3.05, 3.63) is 71.0 Å². The smallest absolute Gasteiger partial charge is 0.134 e. The first-order valence-corrected chi connectivity index (χ1v) is 7.08.